The molecular formula is C34H33BINO8. The fraction of sp³-hybridized carbons (Fsp3) is 0.294. The van der Waals surface area contributed by atoms with Gasteiger partial charge in [-0.3, -0.25) is 14.5 Å². The Hall–Kier alpha value is -3.49. The maximum atomic E-state index is 13.8. The molecule has 3 aromatic rings. The number of halogens is 1. The largest absolute Gasteiger partial charge is 0.504 e. The zero-order chi connectivity index (χ0) is 31.8. The van der Waals surface area contributed by atoms with Crippen LogP contribution in [0.5, 0.6) is 11.5 Å². The van der Waals surface area contributed by atoms with Crippen LogP contribution >= 0.6 is 22.6 Å². The van der Waals surface area contributed by atoms with Gasteiger partial charge in [-0.25, -0.2) is 0 Å². The number of nitrogens with zero attached hydrogens (tertiary/aromatic N) is 1. The van der Waals surface area contributed by atoms with Crippen LogP contribution in [0.25, 0.3) is 11.6 Å². The molecule has 3 aromatic carbocycles. The molecule has 0 spiro atoms. The first-order valence-corrected chi connectivity index (χ1v) is 15.9. The van der Waals surface area contributed by atoms with Crippen LogP contribution in [0.15, 0.2) is 77.9 Å². The minimum atomic E-state index is -1.73. The van der Waals surface area contributed by atoms with Crippen LogP contribution in [-0.2, 0) is 14.3 Å². The Morgan fingerprint density at radius 2 is 1.84 bits per heavy atom. The third-order valence-corrected chi connectivity index (χ3v) is 9.88. The first-order valence-electron chi connectivity index (χ1n) is 14.8. The van der Waals surface area contributed by atoms with Gasteiger partial charge in [0.25, 0.3) is 0 Å². The minimum absolute atomic E-state index is 0.0955. The highest BCUT2D eigenvalue weighted by Crippen LogP contribution is 2.50. The molecule has 0 radical (unpaired) electrons. The summed E-state index contributed by atoms with van der Waals surface area (Å²) in [5.74, 6) is -1.78. The van der Waals surface area contributed by atoms with Crippen LogP contribution in [0, 0.1) is 21.3 Å². The molecule has 0 unspecified atom stereocenters. The van der Waals surface area contributed by atoms with Crippen LogP contribution in [0.4, 0.5) is 5.69 Å². The van der Waals surface area contributed by atoms with Gasteiger partial charge in [0.2, 0.25) is 11.8 Å². The number of carbonyl (C=O) groups is 2. The van der Waals surface area contributed by atoms with E-state index in [9.17, 15) is 29.9 Å². The number of amides is 2. The zero-order valence-corrected chi connectivity index (χ0v) is 26.8. The minimum Gasteiger partial charge on any atom is -0.504 e. The molecule has 0 bridgehead atoms. The number of fused-ring (bicyclic) bond motifs is 3. The van der Waals surface area contributed by atoms with Gasteiger partial charge < -0.3 is 29.7 Å². The summed E-state index contributed by atoms with van der Waals surface area (Å²) < 4.78 is 12.4. The topological polar surface area (TPSA) is 137 Å². The van der Waals surface area contributed by atoms with Crippen molar-refractivity contribution in [3.63, 3.8) is 0 Å². The van der Waals surface area contributed by atoms with Gasteiger partial charge in [-0.2, -0.15) is 0 Å². The number of benzene rings is 3. The van der Waals surface area contributed by atoms with Crippen molar-refractivity contribution in [1.29, 1.82) is 0 Å². The third-order valence-electron chi connectivity index (χ3n) is 9.06. The summed E-state index contributed by atoms with van der Waals surface area (Å²) in [6.45, 7) is 0.0420. The average molecular weight is 721 g/mol. The number of imide groups is 1. The number of phenolic OH excluding ortho intramolecular Hbond substituents is 1. The lowest BCUT2D eigenvalue weighted by Gasteiger charge is -2.31. The van der Waals surface area contributed by atoms with E-state index in [-0.39, 0.29) is 54.7 Å². The lowest BCUT2D eigenvalue weighted by molar-refractivity contribution is -0.122. The second kappa shape index (κ2) is 13.1. The molecule has 2 saturated heterocycles. The van der Waals surface area contributed by atoms with E-state index in [4.69, 9.17) is 9.47 Å². The average Bonchev–Trinajstić information content (AvgIpc) is 3.58. The molecule has 232 valence electrons. The molecule has 3 aliphatic rings. The van der Waals surface area contributed by atoms with E-state index < -0.39 is 19.0 Å². The highest BCUT2D eigenvalue weighted by Gasteiger charge is 2.57. The standard InChI is InChI=1S/C34H33BINO8/c1-44-29-14-19(13-27(36)32(29)39)12-21(20-6-3-2-4-7-20)10-11-28-30-22(17-38)15-25-31(26(30)18-45-28)34(41)37(33(25)40)24-9-5-8-23(16-24)35(42)43/h2-9,12-14,16,25-26,28,31,38-39,42-43H,10-11,15,17-18H2,1H3/b21-12-/t25-,26+,28-,31-/m1/s1. The fourth-order valence-electron chi connectivity index (χ4n) is 6.97. The number of hydrogen-bond donors (Lipinski definition) is 4. The lowest BCUT2D eigenvalue weighted by Crippen LogP contribution is -2.35. The SMILES string of the molecule is COc1cc(/C=C(/CC[C@H]2OC[C@H]3C2=C(CO)C[C@H]2C(=O)N(c4cccc(B(O)O)c4)C(=O)[C@H]23)c2ccccc2)cc(I)c1O. The van der Waals surface area contributed by atoms with Crippen LogP contribution in [-0.4, -0.2) is 65.6 Å². The van der Waals surface area contributed by atoms with Crippen molar-refractivity contribution in [2.24, 2.45) is 17.8 Å². The number of rotatable bonds is 9. The highest BCUT2D eigenvalue weighted by molar-refractivity contribution is 14.1. The van der Waals surface area contributed by atoms with Gasteiger partial charge in [-0.1, -0.05) is 48.5 Å². The molecule has 0 saturated carbocycles. The molecular weight excluding hydrogens is 688 g/mol. The van der Waals surface area contributed by atoms with Crippen molar-refractivity contribution in [2.45, 2.75) is 25.4 Å². The molecule has 4 atom stereocenters. The number of hydrogen-bond acceptors (Lipinski definition) is 8. The number of anilines is 1. The predicted octanol–water partition coefficient (Wildman–Crippen LogP) is 3.52. The van der Waals surface area contributed by atoms with Crippen molar-refractivity contribution in [1.82, 2.24) is 0 Å². The van der Waals surface area contributed by atoms with Gasteiger partial charge in [-0.15, -0.1) is 0 Å². The Labute approximate surface area is 275 Å². The van der Waals surface area contributed by atoms with Crippen LogP contribution in [0.3, 0.4) is 0 Å². The van der Waals surface area contributed by atoms with Gasteiger partial charge in [0.05, 0.1) is 47.5 Å². The number of methoxy groups -OCH3 is 1. The number of allylic oxidation sites excluding steroid dienone is 1. The van der Waals surface area contributed by atoms with Gasteiger partial charge in [0.1, 0.15) is 0 Å². The summed E-state index contributed by atoms with van der Waals surface area (Å²) in [7, 11) is -0.211. The summed E-state index contributed by atoms with van der Waals surface area (Å²) in [4.78, 5) is 28.6. The van der Waals surface area contributed by atoms with E-state index in [0.717, 1.165) is 32.7 Å². The number of aromatic hydroxyl groups is 1. The third kappa shape index (κ3) is 5.95. The quantitative estimate of drug-likeness (QED) is 0.0868. The number of aliphatic hydroxyl groups is 1. The molecule has 11 heteroatoms. The van der Waals surface area contributed by atoms with Crippen molar-refractivity contribution < 1.29 is 39.3 Å². The van der Waals surface area contributed by atoms with Crippen molar-refractivity contribution in [3.05, 3.63) is 92.6 Å². The Bertz CT molecular complexity index is 1690. The molecule has 0 aromatic heterocycles. The number of phenols is 1. The van der Waals surface area contributed by atoms with E-state index >= 15 is 0 Å². The first kappa shape index (κ1) is 31.5. The normalized spacial score (nSPS) is 23.0. The molecule has 2 amide bonds. The maximum Gasteiger partial charge on any atom is 0.488 e. The van der Waals surface area contributed by atoms with E-state index in [1.165, 1.54) is 19.2 Å². The summed E-state index contributed by atoms with van der Waals surface area (Å²) >= 11 is 2.08. The molecule has 6 rings (SSSR count). The van der Waals surface area contributed by atoms with E-state index in [2.05, 4.69) is 28.7 Å². The molecule has 9 nitrogen and oxygen atoms in total. The van der Waals surface area contributed by atoms with Crippen LogP contribution in [0.1, 0.15) is 30.4 Å². The molecule has 2 aliphatic heterocycles. The molecule has 2 heterocycles. The molecule has 4 N–H and O–H groups in total. The molecule has 1 aliphatic carbocycles. The van der Waals surface area contributed by atoms with Gasteiger partial charge in [0.15, 0.2) is 11.5 Å². The summed E-state index contributed by atoms with van der Waals surface area (Å²) in [5, 5.41) is 40.0. The van der Waals surface area contributed by atoms with E-state index in [1.807, 2.05) is 36.4 Å². The van der Waals surface area contributed by atoms with Gasteiger partial charge >= 0.3 is 7.12 Å². The Balaban J connectivity index is 1.27. The summed E-state index contributed by atoms with van der Waals surface area (Å²) in [6, 6.07) is 19.8. The van der Waals surface area contributed by atoms with Crippen molar-refractivity contribution in [2.75, 3.05) is 25.2 Å². The van der Waals surface area contributed by atoms with Crippen LogP contribution in [0.2, 0.25) is 0 Å². The summed E-state index contributed by atoms with van der Waals surface area (Å²) in [6.07, 6.45) is 3.24. The second-order valence-corrected chi connectivity index (χ2v) is 12.8. The van der Waals surface area contributed by atoms with E-state index in [1.54, 1.807) is 18.2 Å². The lowest BCUT2D eigenvalue weighted by atomic mass is 9.69. The molecule has 2 fully saturated rings. The zero-order valence-electron chi connectivity index (χ0n) is 24.6. The van der Waals surface area contributed by atoms with E-state index in [0.29, 0.717) is 27.8 Å². The molecule has 45 heavy (non-hydrogen) atoms. The Morgan fingerprint density at radius 3 is 2.56 bits per heavy atom. The van der Waals surface area contributed by atoms with Crippen LogP contribution < -0.4 is 15.1 Å². The highest BCUT2D eigenvalue weighted by atomic mass is 127. The first-order chi connectivity index (χ1) is 21.7. The second-order valence-electron chi connectivity index (χ2n) is 11.6. The Morgan fingerprint density at radius 1 is 1.07 bits per heavy atom. The number of aliphatic hydroxyl groups excluding tert-OH is 1. The van der Waals surface area contributed by atoms with Gasteiger partial charge in [0, 0.05) is 5.92 Å². The van der Waals surface area contributed by atoms with Crippen molar-refractivity contribution in [3.8, 4) is 11.5 Å². The maximum absolute atomic E-state index is 13.8. The predicted molar refractivity (Wildman–Crippen MR) is 179 cm³/mol. The monoisotopic (exact) mass is 721 g/mol. The summed E-state index contributed by atoms with van der Waals surface area (Å²) in [5.41, 5.74) is 5.10. The van der Waals surface area contributed by atoms with Gasteiger partial charge in [-0.05, 0) is 99.4 Å². The van der Waals surface area contributed by atoms with Crippen molar-refractivity contribution >= 4 is 64.3 Å². The number of carbonyl (C=O) groups excluding carboxylic acids is 2. The number of ether oxygens (including phenoxy) is 2. The fourth-order valence-corrected chi connectivity index (χ4v) is 7.60. The Kier molecular flexibility index (Phi) is 9.16. The smallest absolute Gasteiger partial charge is 0.488 e.